The summed E-state index contributed by atoms with van der Waals surface area (Å²) >= 11 is 0. The highest BCUT2D eigenvalue weighted by Crippen LogP contribution is 2.47. The molecule has 0 amide bonds. The van der Waals surface area contributed by atoms with Crippen LogP contribution >= 0.6 is 0 Å². The molecule has 80 valence electrons. The normalized spacial score (nSPS) is 17.8. The molecule has 15 heavy (non-hydrogen) atoms. The number of carboxylic acids is 1. The maximum absolute atomic E-state index is 11.1. The summed E-state index contributed by atoms with van der Waals surface area (Å²) in [6.07, 6.45) is 3.15. The van der Waals surface area contributed by atoms with Crippen LogP contribution in [0.15, 0.2) is 18.3 Å². The molecule has 0 unspecified atom stereocenters. The molecule has 1 fully saturated rings. The van der Waals surface area contributed by atoms with E-state index in [0.717, 1.165) is 24.1 Å². The van der Waals surface area contributed by atoms with E-state index >= 15 is 0 Å². The first-order valence-corrected chi connectivity index (χ1v) is 5.26. The molecule has 1 saturated carbocycles. The fourth-order valence-corrected chi connectivity index (χ4v) is 1.77. The Bertz CT molecular complexity index is 394. The lowest BCUT2D eigenvalue weighted by Crippen LogP contribution is -2.21. The van der Waals surface area contributed by atoms with Gasteiger partial charge in [0.1, 0.15) is 5.41 Å². The predicted octanol–water partition coefficient (Wildman–Crippen LogP) is 2.32. The summed E-state index contributed by atoms with van der Waals surface area (Å²) in [5, 5.41) is 9.15. The molecular formula is C12H15NO2. The molecule has 1 aliphatic rings. The second kappa shape index (κ2) is 3.33. The number of hydrogen-bond acceptors (Lipinski definition) is 2. The average molecular weight is 205 g/mol. The van der Waals surface area contributed by atoms with E-state index in [1.54, 1.807) is 6.20 Å². The van der Waals surface area contributed by atoms with E-state index in [2.05, 4.69) is 18.8 Å². The van der Waals surface area contributed by atoms with E-state index in [0.29, 0.717) is 5.92 Å². The van der Waals surface area contributed by atoms with Crippen molar-refractivity contribution in [2.24, 2.45) is 0 Å². The second-order valence-corrected chi connectivity index (χ2v) is 4.52. The van der Waals surface area contributed by atoms with Crippen LogP contribution in [0.2, 0.25) is 0 Å². The molecule has 0 saturated heterocycles. The first-order valence-electron chi connectivity index (χ1n) is 5.26. The lowest BCUT2D eigenvalue weighted by Gasteiger charge is -2.12. The Morgan fingerprint density at radius 1 is 1.53 bits per heavy atom. The fourth-order valence-electron chi connectivity index (χ4n) is 1.77. The number of carbonyl (C=O) groups is 1. The Morgan fingerprint density at radius 3 is 2.67 bits per heavy atom. The number of pyridine rings is 1. The van der Waals surface area contributed by atoms with Gasteiger partial charge in [0.15, 0.2) is 0 Å². The van der Waals surface area contributed by atoms with Crippen LogP contribution in [0.25, 0.3) is 0 Å². The highest BCUT2D eigenvalue weighted by atomic mass is 16.4. The van der Waals surface area contributed by atoms with Crippen molar-refractivity contribution in [3.63, 3.8) is 0 Å². The standard InChI is InChI=1S/C12H15NO2/c1-8(2)9-3-6-13-10(7-9)12(4-5-12)11(14)15/h3,6-8H,4-5H2,1-2H3,(H,14,15). The first-order chi connectivity index (χ1) is 7.06. The third-order valence-corrected chi connectivity index (χ3v) is 3.10. The quantitative estimate of drug-likeness (QED) is 0.823. The molecular weight excluding hydrogens is 190 g/mol. The van der Waals surface area contributed by atoms with Gasteiger partial charge in [-0.05, 0) is 36.5 Å². The van der Waals surface area contributed by atoms with E-state index in [1.807, 2.05) is 12.1 Å². The van der Waals surface area contributed by atoms with Crippen molar-refractivity contribution in [1.29, 1.82) is 0 Å². The van der Waals surface area contributed by atoms with Crippen LogP contribution in [0.5, 0.6) is 0 Å². The molecule has 0 radical (unpaired) electrons. The van der Waals surface area contributed by atoms with Crippen LogP contribution in [-0.4, -0.2) is 16.1 Å². The van der Waals surface area contributed by atoms with Gasteiger partial charge in [-0.25, -0.2) is 0 Å². The Balaban J connectivity index is 2.37. The van der Waals surface area contributed by atoms with E-state index < -0.39 is 11.4 Å². The maximum atomic E-state index is 11.1. The van der Waals surface area contributed by atoms with E-state index in [4.69, 9.17) is 5.11 Å². The number of rotatable bonds is 3. The summed E-state index contributed by atoms with van der Waals surface area (Å²) in [7, 11) is 0. The van der Waals surface area contributed by atoms with Gasteiger partial charge in [0.05, 0.1) is 5.69 Å². The van der Waals surface area contributed by atoms with Gasteiger partial charge < -0.3 is 5.11 Å². The van der Waals surface area contributed by atoms with Gasteiger partial charge in [0, 0.05) is 6.20 Å². The molecule has 0 aromatic carbocycles. The zero-order valence-corrected chi connectivity index (χ0v) is 9.03. The van der Waals surface area contributed by atoms with Crippen LogP contribution in [0.3, 0.4) is 0 Å². The van der Waals surface area contributed by atoms with Crippen LogP contribution in [0, 0.1) is 0 Å². The minimum atomic E-state index is -0.740. The highest BCUT2D eigenvalue weighted by Gasteiger charge is 2.53. The summed E-state index contributed by atoms with van der Waals surface area (Å²) in [4.78, 5) is 15.3. The third kappa shape index (κ3) is 1.62. The van der Waals surface area contributed by atoms with Crippen molar-refractivity contribution in [1.82, 2.24) is 4.98 Å². The highest BCUT2D eigenvalue weighted by molar-refractivity contribution is 5.84. The molecule has 0 spiro atoms. The molecule has 3 heteroatoms. The van der Waals surface area contributed by atoms with Crippen LogP contribution in [-0.2, 0) is 10.2 Å². The number of aromatic nitrogens is 1. The number of nitrogens with zero attached hydrogens (tertiary/aromatic N) is 1. The van der Waals surface area contributed by atoms with E-state index in [-0.39, 0.29) is 0 Å². The molecule has 1 N–H and O–H groups in total. The number of aliphatic carboxylic acids is 1. The molecule has 3 nitrogen and oxygen atoms in total. The molecule has 1 heterocycles. The van der Waals surface area contributed by atoms with E-state index in [9.17, 15) is 4.79 Å². The average Bonchev–Trinajstić information content (AvgIpc) is 2.98. The van der Waals surface area contributed by atoms with Gasteiger partial charge in [-0.1, -0.05) is 13.8 Å². The smallest absolute Gasteiger partial charge is 0.315 e. The third-order valence-electron chi connectivity index (χ3n) is 3.10. The molecule has 2 rings (SSSR count). The predicted molar refractivity (Wildman–Crippen MR) is 56.9 cm³/mol. The van der Waals surface area contributed by atoms with Crippen molar-refractivity contribution < 1.29 is 9.90 Å². The molecule has 0 aliphatic heterocycles. The Labute approximate surface area is 89.2 Å². The molecule has 0 atom stereocenters. The fraction of sp³-hybridized carbons (Fsp3) is 0.500. The van der Waals surface area contributed by atoms with Crippen LogP contribution < -0.4 is 0 Å². The summed E-state index contributed by atoms with van der Waals surface area (Å²) in [5.41, 5.74) is 1.21. The van der Waals surface area contributed by atoms with Gasteiger partial charge in [-0.15, -0.1) is 0 Å². The summed E-state index contributed by atoms with van der Waals surface area (Å²) < 4.78 is 0. The summed E-state index contributed by atoms with van der Waals surface area (Å²) in [6.45, 7) is 4.19. The summed E-state index contributed by atoms with van der Waals surface area (Å²) in [5.74, 6) is -0.327. The first kappa shape index (κ1) is 10.1. The maximum Gasteiger partial charge on any atom is 0.315 e. The molecule has 1 aromatic heterocycles. The minimum absolute atomic E-state index is 0.413. The zero-order valence-electron chi connectivity index (χ0n) is 9.03. The number of carboxylic acid groups (broad SMARTS) is 1. The molecule has 0 bridgehead atoms. The van der Waals surface area contributed by atoms with Crippen molar-refractivity contribution in [3.8, 4) is 0 Å². The van der Waals surface area contributed by atoms with Crippen LogP contribution in [0.1, 0.15) is 43.9 Å². The van der Waals surface area contributed by atoms with Crippen LogP contribution in [0.4, 0.5) is 0 Å². The Hall–Kier alpha value is -1.38. The van der Waals surface area contributed by atoms with E-state index in [1.165, 1.54) is 0 Å². The van der Waals surface area contributed by atoms with Gasteiger partial charge in [-0.2, -0.15) is 0 Å². The van der Waals surface area contributed by atoms with Crippen molar-refractivity contribution >= 4 is 5.97 Å². The minimum Gasteiger partial charge on any atom is -0.481 e. The zero-order chi connectivity index (χ0) is 11.1. The van der Waals surface area contributed by atoms with Crippen molar-refractivity contribution in [2.75, 3.05) is 0 Å². The Morgan fingerprint density at radius 2 is 2.20 bits per heavy atom. The van der Waals surface area contributed by atoms with Gasteiger partial charge in [0.25, 0.3) is 0 Å². The molecule has 1 aliphatic carbocycles. The van der Waals surface area contributed by atoms with Crippen molar-refractivity contribution in [3.05, 3.63) is 29.6 Å². The topological polar surface area (TPSA) is 50.2 Å². The second-order valence-electron chi connectivity index (χ2n) is 4.52. The Kier molecular flexibility index (Phi) is 2.25. The van der Waals surface area contributed by atoms with Gasteiger partial charge in [0.2, 0.25) is 0 Å². The molecule has 1 aromatic rings. The SMILES string of the molecule is CC(C)c1ccnc(C2(C(=O)O)CC2)c1. The summed E-state index contributed by atoms with van der Waals surface area (Å²) in [6, 6.07) is 3.89. The van der Waals surface area contributed by atoms with Gasteiger partial charge in [-0.3, -0.25) is 9.78 Å². The van der Waals surface area contributed by atoms with Crippen molar-refractivity contribution in [2.45, 2.75) is 38.0 Å². The monoisotopic (exact) mass is 205 g/mol. The lowest BCUT2D eigenvalue weighted by atomic mass is 9.97. The number of hydrogen-bond donors (Lipinski definition) is 1. The lowest BCUT2D eigenvalue weighted by molar-refractivity contribution is -0.140. The van der Waals surface area contributed by atoms with Gasteiger partial charge >= 0.3 is 5.97 Å². The largest absolute Gasteiger partial charge is 0.481 e.